The van der Waals surface area contributed by atoms with E-state index in [4.69, 9.17) is 5.41 Å². The van der Waals surface area contributed by atoms with Crippen LogP contribution in [0.15, 0.2) is 0 Å². The van der Waals surface area contributed by atoms with E-state index < -0.39 is 6.04 Å². The molecule has 19 heavy (non-hydrogen) atoms. The van der Waals surface area contributed by atoms with E-state index in [1.807, 2.05) is 34.6 Å². The number of hydrogen-bond donors (Lipinski definition) is 3. The van der Waals surface area contributed by atoms with Gasteiger partial charge in [-0.05, 0) is 26.7 Å². The lowest BCUT2D eigenvalue weighted by atomic mass is 10.1. The zero-order chi connectivity index (χ0) is 14.8. The summed E-state index contributed by atoms with van der Waals surface area (Å²) in [6, 6.07) is -0.760. The Morgan fingerprint density at radius 1 is 1.47 bits per heavy atom. The Balaban J connectivity index is 2.70. The smallest absolute Gasteiger partial charge is 0.323 e. The molecule has 6 heteroatoms. The Bertz CT molecular complexity index is 385. The van der Waals surface area contributed by atoms with Gasteiger partial charge in [-0.3, -0.25) is 15.5 Å². The quantitative estimate of drug-likeness (QED) is 0.718. The first kappa shape index (κ1) is 15.5. The average molecular weight is 268 g/mol. The van der Waals surface area contributed by atoms with Gasteiger partial charge in [0.25, 0.3) is 0 Å². The SMILES string of the molecule is CC(C)CN1C(=O)NC(=N)C1CC(=O)NC(C)(C)C. The Morgan fingerprint density at radius 3 is 2.53 bits per heavy atom. The number of carbonyl (C=O) groups excluding carboxylic acids is 2. The van der Waals surface area contributed by atoms with Crippen LogP contribution in [0, 0.1) is 11.3 Å². The zero-order valence-corrected chi connectivity index (χ0v) is 12.3. The van der Waals surface area contributed by atoms with Gasteiger partial charge in [-0.25, -0.2) is 4.79 Å². The Kier molecular flexibility index (Phi) is 4.55. The molecule has 3 N–H and O–H groups in total. The van der Waals surface area contributed by atoms with E-state index in [-0.39, 0.29) is 29.7 Å². The third kappa shape index (κ3) is 4.54. The van der Waals surface area contributed by atoms with Crippen molar-refractivity contribution in [3.8, 4) is 0 Å². The van der Waals surface area contributed by atoms with E-state index in [1.54, 1.807) is 4.90 Å². The van der Waals surface area contributed by atoms with Gasteiger partial charge in [0, 0.05) is 12.1 Å². The monoisotopic (exact) mass is 268 g/mol. The molecule has 0 aromatic heterocycles. The van der Waals surface area contributed by atoms with Gasteiger partial charge in [0.1, 0.15) is 5.84 Å². The van der Waals surface area contributed by atoms with Crippen molar-refractivity contribution in [3.05, 3.63) is 0 Å². The minimum Gasteiger partial charge on any atom is -0.351 e. The molecule has 0 aromatic rings. The van der Waals surface area contributed by atoms with Gasteiger partial charge in [-0.1, -0.05) is 13.8 Å². The number of nitrogens with zero attached hydrogens (tertiary/aromatic N) is 1. The molecule has 1 atom stereocenters. The normalized spacial score (nSPS) is 19.9. The van der Waals surface area contributed by atoms with Crippen LogP contribution >= 0.6 is 0 Å². The number of amidine groups is 1. The third-order valence-corrected chi connectivity index (χ3v) is 2.67. The molecule has 1 saturated heterocycles. The average Bonchev–Trinajstić information content (AvgIpc) is 2.41. The van der Waals surface area contributed by atoms with E-state index in [9.17, 15) is 9.59 Å². The first-order valence-corrected chi connectivity index (χ1v) is 6.57. The van der Waals surface area contributed by atoms with Gasteiger partial charge in [0.05, 0.1) is 12.5 Å². The summed E-state index contributed by atoms with van der Waals surface area (Å²) in [5.41, 5.74) is -0.307. The second-order valence-electron chi connectivity index (χ2n) is 6.41. The van der Waals surface area contributed by atoms with Crippen LogP contribution in [0.1, 0.15) is 41.0 Å². The maximum Gasteiger partial charge on any atom is 0.323 e. The molecule has 1 heterocycles. The standard InChI is InChI=1S/C13H24N4O2/c1-8(2)7-17-9(11(14)15-12(17)19)6-10(18)16-13(3,4)5/h8-9H,6-7H2,1-5H3,(H,16,18)(H2,14,15,19). The van der Waals surface area contributed by atoms with Crippen molar-refractivity contribution in [2.24, 2.45) is 5.92 Å². The maximum atomic E-state index is 11.9. The summed E-state index contributed by atoms with van der Waals surface area (Å²) in [5.74, 6) is 0.257. The minimum atomic E-state index is -0.475. The summed E-state index contributed by atoms with van der Waals surface area (Å²) in [6.07, 6.45) is 0.127. The molecule has 0 saturated carbocycles. The molecule has 0 aliphatic carbocycles. The van der Waals surface area contributed by atoms with Crippen molar-refractivity contribution < 1.29 is 9.59 Å². The summed E-state index contributed by atoms with van der Waals surface area (Å²) in [4.78, 5) is 25.2. The van der Waals surface area contributed by atoms with Crippen molar-refractivity contribution >= 4 is 17.8 Å². The predicted octanol–water partition coefficient (Wildman–Crippen LogP) is 1.32. The first-order chi connectivity index (χ1) is 8.60. The summed E-state index contributed by atoms with van der Waals surface area (Å²) in [6.45, 7) is 10.3. The highest BCUT2D eigenvalue weighted by molar-refractivity contribution is 6.07. The number of hydrogen-bond acceptors (Lipinski definition) is 3. The summed E-state index contributed by atoms with van der Waals surface area (Å²) >= 11 is 0. The van der Waals surface area contributed by atoms with E-state index in [1.165, 1.54) is 0 Å². The lowest BCUT2D eigenvalue weighted by Gasteiger charge is -2.26. The number of nitrogens with one attached hydrogen (secondary N) is 3. The molecule has 0 aromatic carbocycles. The van der Waals surface area contributed by atoms with Gasteiger partial charge in [0.15, 0.2) is 0 Å². The molecule has 1 fully saturated rings. The van der Waals surface area contributed by atoms with Crippen LogP contribution in [0.4, 0.5) is 4.79 Å². The second-order valence-corrected chi connectivity index (χ2v) is 6.41. The van der Waals surface area contributed by atoms with Crippen molar-refractivity contribution in [2.45, 2.75) is 52.6 Å². The van der Waals surface area contributed by atoms with Crippen LogP contribution in [-0.2, 0) is 4.79 Å². The molecule has 0 radical (unpaired) electrons. The number of carbonyl (C=O) groups is 2. The maximum absolute atomic E-state index is 11.9. The number of amides is 3. The fourth-order valence-electron chi connectivity index (χ4n) is 2.03. The summed E-state index contributed by atoms with van der Waals surface area (Å²) in [7, 11) is 0. The first-order valence-electron chi connectivity index (χ1n) is 6.57. The van der Waals surface area contributed by atoms with Crippen LogP contribution in [0.3, 0.4) is 0 Å². The molecular weight excluding hydrogens is 244 g/mol. The Labute approximate surface area is 114 Å². The fraction of sp³-hybridized carbons (Fsp3) is 0.769. The third-order valence-electron chi connectivity index (χ3n) is 2.67. The van der Waals surface area contributed by atoms with Crippen LogP contribution in [0.2, 0.25) is 0 Å². The number of urea groups is 1. The topological polar surface area (TPSA) is 85.3 Å². The molecule has 3 amide bonds. The molecule has 0 spiro atoms. The highest BCUT2D eigenvalue weighted by atomic mass is 16.2. The fourth-order valence-corrected chi connectivity index (χ4v) is 2.03. The lowest BCUT2D eigenvalue weighted by molar-refractivity contribution is -0.123. The predicted molar refractivity (Wildman–Crippen MR) is 74.1 cm³/mol. The Morgan fingerprint density at radius 2 is 2.05 bits per heavy atom. The van der Waals surface area contributed by atoms with E-state index >= 15 is 0 Å². The molecule has 1 aliphatic rings. The van der Waals surface area contributed by atoms with Gasteiger partial charge >= 0.3 is 6.03 Å². The minimum absolute atomic E-state index is 0.106. The number of rotatable bonds is 4. The molecule has 6 nitrogen and oxygen atoms in total. The van der Waals surface area contributed by atoms with Crippen LogP contribution in [-0.4, -0.2) is 40.8 Å². The molecular formula is C13H24N4O2. The van der Waals surface area contributed by atoms with E-state index in [0.717, 1.165) is 0 Å². The van der Waals surface area contributed by atoms with Gasteiger partial charge < -0.3 is 10.2 Å². The van der Waals surface area contributed by atoms with Crippen LogP contribution in [0.25, 0.3) is 0 Å². The molecule has 0 bridgehead atoms. The molecule has 1 rings (SSSR count). The molecule has 1 unspecified atom stereocenters. The van der Waals surface area contributed by atoms with Crippen LogP contribution in [0.5, 0.6) is 0 Å². The van der Waals surface area contributed by atoms with Gasteiger partial charge in [-0.15, -0.1) is 0 Å². The van der Waals surface area contributed by atoms with E-state index in [0.29, 0.717) is 12.5 Å². The van der Waals surface area contributed by atoms with Crippen molar-refractivity contribution in [2.75, 3.05) is 6.54 Å². The van der Waals surface area contributed by atoms with Crippen LogP contribution < -0.4 is 10.6 Å². The molecule has 1 aliphatic heterocycles. The van der Waals surface area contributed by atoms with Crippen molar-refractivity contribution in [3.63, 3.8) is 0 Å². The second kappa shape index (κ2) is 5.59. The van der Waals surface area contributed by atoms with Gasteiger partial charge in [0.2, 0.25) is 5.91 Å². The lowest BCUT2D eigenvalue weighted by Crippen LogP contribution is -2.45. The zero-order valence-electron chi connectivity index (χ0n) is 12.3. The summed E-state index contributed by atoms with van der Waals surface area (Å²) in [5, 5.41) is 13.1. The summed E-state index contributed by atoms with van der Waals surface area (Å²) < 4.78 is 0. The molecule has 108 valence electrons. The largest absolute Gasteiger partial charge is 0.351 e. The van der Waals surface area contributed by atoms with Crippen molar-refractivity contribution in [1.29, 1.82) is 5.41 Å². The highest BCUT2D eigenvalue weighted by Crippen LogP contribution is 2.15. The highest BCUT2D eigenvalue weighted by Gasteiger charge is 2.37. The Hall–Kier alpha value is -1.59. The van der Waals surface area contributed by atoms with Crippen molar-refractivity contribution in [1.82, 2.24) is 15.5 Å². The van der Waals surface area contributed by atoms with Gasteiger partial charge in [-0.2, -0.15) is 0 Å². The van der Waals surface area contributed by atoms with E-state index in [2.05, 4.69) is 10.6 Å².